The Morgan fingerprint density at radius 3 is 2.49 bits per heavy atom. The van der Waals surface area contributed by atoms with Gasteiger partial charge in [0.15, 0.2) is 12.4 Å². The van der Waals surface area contributed by atoms with Crippen LogP contribution in [-0.2, 0) is 16.1 Å². The van der Waals surface area contributed by atoms with Crippen molar-refractivity contribution < 1.29 is 33.0 Å². The summed E-state index contributed by atoms with van der Waals surface area (Å²) in [6, 6.07) is 20.9. The van der Waals surface area contributed by atoms with Crippen molar-refractivity contribution in [3.8, 4) is 22.6 Å². The van der Waals surface area contributed by atoms with E-state index in [2.05, 4.69) is 15.6 Å². The molecule has 2 atom stereocenters. The second-order valence-corrected chi connectivity index (χ2v) is 11.5. The van der Waals surface area contributed by atoms with Crippen LogP contribution in [0.3, 0.4) is 0 Å². The summed E-state index contributed by atoms with van der Waals surface area (Å²) in [5, 5.41) is 5.91. The minimum Gasteiger partial charge on any atom is -0.488 e. The van der Waals surface area contributed by atoms with Gasteiger partial charge in [-0.3, -0.25) is 24.2 Å². The molecule has 0 unspecified atom stereocenters. The molecule has 4 heterocycles. The largest absolute Gasteiger partial charge is 0.488 e. The Bertz CT molecular complexity index is 1780. The summed E-state index contributed by atoms with van der Waals surface area (Å²) >= 11 is 0. The average molecular weight is 637 g/mol. The lowest BCUT2D eigenvalue weighted by Gasteiger charge is -2.39. The molecule has 0 spiro atoms. The summed E-state index contributed by atoms with van der Waals surface area (Å²) in [4.78, 5) is 57.8. The van der Waals surface area contributed by atoms with Crippen LogP contribution in [0.4, 0.5) is 4.39 Å². The smallest absolute Gasteiger partial charge is 0.258 e. The number of nitrogens with one attached hydrogen (secondary N) is 2. The number of rotatable bonds is 4. The summed E-state index contributed by atoms with van der Waals surface area (Å²) in [6.45, 7) is 0.707. The van der Waals surface area contributed by atoms with E-state index in [1.54, 1.807) is 47.5 Å². The number of likely N-dealkylation sites (tertiary alicyclic amines) is 1. The molecular weight excluding hydrogens is 603 g/mol. The molecule has 0 saturated carbocycles. The van der Waals surface area contributed by atoms with E-state index in [1.807, 2.05) is 18.2 Å². The molecule has 1 saturated heterocycles. The monoisotopic (exact) mass is 636 g/mol. The van der Waals surface area contributed by atoms with Gasteiger partial charge < -0.3 is 25.0 Å². The number of ether oxygens (including phenoxy) is 2. The zero-order chi connectivity index (χ0) is 32.8. The maximum Gasteiger partial charge on any atom is 0.258 e. The highest BCUT2D eigenvalue weighted by atomic mass is 19.1. The number of carbonyl (C=O) groups is 4. The zero-order valence-corrected chi connectivity index (χ0v) is 25.5. The summed E-state index contributed by atoms with van der Waals surface area (Å²) in [5.41, 5.74) is 2.97. The van der Waals surface area contributed by atoms with Crippen molar-refractivity contribution in [1.82, 2.24) is 20.5 Å². The van der Waals surface area contributed by atoms with Crippen LogP contribution >= 0.6 is 0 Å². The van der Waals surface area contributed by atoms with Crippen molar-refractivity contribution in [2.24, 2.45) is 0 Å². The van der Waals surface area contributed by atoms with E-state index in [-0.39, 0.29) is 49.5 Å². The Morgan fingerprint density at radius 2 is 1.68 bits per heavy atom. The maximum absolute atomic E-state index is 13.6. The van der Waals surface area contributed by atoms with Crippen LogP contribution in [-0.4, -0.2) is 65.2 Å². The van der Waals surface area contributed by atoms with Gasteiger partial charge in [-0.2, -0.15) is 0 Å². The molecule has 240 valence electrons. The Hall–Kier alpha value is -5.58. The predicted molar refractivity (Wildman–Crippen MR) is 170 cm³/mol. The average Bonchev–Trinajstić information content (AvgIpc) is 3.10. The van der Waals surface area contributed by atoms with E-state index >= 15 is 0 Å². The molecule has 1 aromatic heterocycles. The molecule has 4 aromatic rings. The molecule has 3 aliphatic heterocycles. The molecule has 0 aliphatic carbocycles. The van der Waals surface area contributed by atoms with Crippen LogP contribution in [0.15, 0.2) is 91.3 Å². The minimum atomic E-state index is -0.571. The molecule has 10 nitrogen and oxygen atoms in total. The second-order valence-electron chi connectivity index (χ2n) is 11.5. The maximum atomic E-state index is 13.6. The van der Waals surface area contributed by atoms with Gasteiger partial charge in [-0.05, 0) is 65.7 Å². The van der Waals surface area contributed by atoms with Crippen molar-refractivity contribution in [2.75, 3.05) is 19.7 Å². The predicted octanol–water partition coefficient (Wildman–Crippen LogP) is 4.34. The van der Waals surface area contributed by atoms with E-state index in [9.17, 15) is 23.6 Å². The van der Waals surface area contributed by atoms with Crippen molar-refractivity contribution in [2.45, 2.75) is 38.0 Å². The van der Waals surface area contributed by atoms with E-state index in [1.165, 1.54) is 30.5 Å². The molecule has 11 heteroatoms. The lowest BCUT2D eigenvalue weighted by Crippen LogP contribution is -2.58. The van der Waals surface area contributed by atoms with Gasteiger partial charge in [-0.15, -0.1) is 0 Å². The normalized spacial score (nSPS) is 18.1. The minimum absolute atomic E-state index is 0.0184. The van der Waals surface area contributed by atoms with Crippen LogP contribution in [0.25, 0.3) is 11.1 Å². The molecule has 3 amide bonds. The van der Waals surface area contributed by atoms with Crippen molar-refractivity contribution in [3.05, 3.63) is 114 Å². The van der Waals surface area contributed by atoms with Gasteiger partial charge in [0, 0.05) is 62.4 Å². The molecule has 0 radical (unpaired) electrons. The Morgan fingerprint density at radius 1 is 0.894 bits per heavy atom. The van der Waals surface area contributed by atoms with E-state index < -0.39 is 18.0 Å². The van der Waals surface area contributed by atoms with Crippen LogP contribution in [0.1, 0.15) is 45.5 Å². The first-order chi connectivity index (χ1) is 22.8. The van der Waals surface area contributed by atoms with Gasteiger partial charge in [0.25, 0.3) is 11.8 Å². The van der Waals surface area contributed by atoms with Crippen LogP contribution in [0.5, 0.6) is 11.5 Å². The summed E-state index contributed by atoms with van der Waals surface area (Å²) in [7, 11) is 0. The molecular formula is C36H33FN4O6. The van der Waals surface area contributed by atoms with Crippen LogP contribution in [0.2, 0.25) is 0 Å². The topological polar surface area (TPSA) is 127 Å². The van der Waals surface area contributed by atoms with Crippen LogP contribution in [0, 0.1) is 5.82 Å². The first-order valence-electron chi connectivity index (χ1n) is 15.4. The molecule has 7 rings (SSSR count). The Labute approximate surface area is 270 Å². The van der Waals surface area contributed by atoms with Gasteiger partial charge >= 0.3 is 0 Å². The quantitative estimate of drug-likeness (QED) is 0.319. The molecule has 3 aromatic carbocycles. The van der Waals surface area contributed by atoms with Crippen LogP contribution < -0.4 is 20.1 Å². The summed E-state index contributed by atoms with van der Waals surface area (Å²) in [5.74, 6) is -0.489. The SMILES string of the molecule is O=C1COc2cccc(c2)-c2cncc(c2)C(=O)N[C@@H]2CN(C(=O)CCC(=O)c3ccc(F)cc3)CC[C@@H]2Oc2ccc(cc2)CN1. The van der Waals surface area contributed by atoms with Gasteiger partial charge in [0.1, 0.15) is 23.4 Å². The number of aromatic nitrogens is 1. The van der Waals surface area contributed by atoms with Gasteiger partial charge in [0.2, 0.25) is 5.91 Å². The highest BCUT2D eigenvalue weighted by Gasteiger charge is 2.34. The number of benzene rings is 3. The number of hydrogen-bond donors (Lipinski definition) is 2. The fourth-order valence-corrected chi connectivity index (χ4v) is 5.60. The number of hydrogen-bond acceptors (Lipinski definition) is 7. The van der Waals surface area contributed by atoms with E-state index in [4.69, 9.17) is 9.47 Å². The molecule has 6 bridgehead atoms. The number of fused-ring (bicyclic) bond motifs is 7. The fourth-order valence-electron chi connectivity index (χ4n) is 5.60. The first kappa shape index (κ1) is 31.4. The van der Waals surface area contributed by atoms with E-state index in [0.29, 0.717) is 47.7 Å². The van der Waals surface area contributed by atoms with E-state index in [0.717, 1.165) is 11.1 Å². The second kappa shape index (κ2) is 14.2. The van der Waals surface area contributed by atoms with Crippen molar-refractivity contribution >= 4 is 23.5 Å². The number of nitrogens with zero attached hydrogens (tertiary/aromatic N) is 2. The van der Waals surface area contributed by atoms with Crippen molar-refractivity contribution in [1.29, 1.82) is 0 Å². The summed E-state index contributed by atoms with van der Waals surface area (Å²) in [6.07, 6.45) is 3.05. The third-order valence-corrected chi connectivity index (χ3v) is 8.19. The number of ketones is 1. The lowest BCUT2D eigenvalue weighted by atomic mass is 9.99. The fraction of sp³-hybridized carbons (Fsp3) is 0.250. The zero-order valence-electron chi connectivity index (χ0n) is 25.5. The van der Waals surface area contributed by atoms with Gasteiger partial charge in [0.05, 0.1) is 11.6 Å². The third-order valence-electron chi connectivity index (χ3n) is 8.19. The number of pyridine rings is 1. The highest BCUT2D eigenvalue weighted by Crippen LogP contribution is 2.25. The molecule has 2 N–H and O–H groups in total. The highest BCUT2D eigenvalue weighted by molar-refractivity contribution is 5.98. The lowest BCUT2D eigenvalue weighted by molar-refractivity contribution is -0.133. The number of amides is 3. The molecule has 3 aliphatic rings. The molecule has 47 heavy (non-hydrogen) atoms. The summed E-state index contributed by atoms with van der Waals surface area (Å²) < 4.78 is 25.3. The van der Waals surface area contributed by atoms with Gasteiger partial charge in [-0.25, -0.2) is 4.39 Å². The Balaban J connectivity index is 1.22. The third kappa shape index (κ3) is 7.99. The number of carbonyl (C=O) groups excluding carboxylic acids is 4. The standard InChI is InChI=1S/C36H33FN4O6/c37-28-8-6-24(7-9-28)32(42)12-13-35(44)41-15-14-33-31(21-41)40-36(45)27-16-26(19-38-20-27)25-2-1-3-30(17-25)46-22-34(43)39-18-23-4-10-29(47-33)11-5-23/h1-11,16-17,19-20,31,33H,12-15,18,21-22H2,(H,39,43)(H,40,45)/t31-,33+/m1/s1. The number of piperidine rings is 1. The Kier molecular flexibility index (Phi) is 9.51. The van der Waals surface area contributed by atoms with Crippen molar-refractivity contribution in [3.63, 3.8) is 0 Å². The van der Waals surface area contributed by atoms with Gasteiger partial charge in [-0.1, -0.05) is 24.3 Å². The number of Topliss-reactive ketones (excluding diaryl/α,β-unsaturated/α-hetero) is 1. The molecule has 1 fully saturated rings. The first-order valence-corrected chi connectivity index (χ1v) is 15.4. The number of halogens is 1.